The highest BCUT2D eigenvalue weighted by molar-refractivity contribution is 5.79. The van der Waals surface area contributed by atoms with Crippen molar-refractivity contribution in [3.8, 4) is 5.75 Å². The number of hydrogen-bond donors (Lipinski definition) is 1. The molecule has 3 aromatic rings. The summed E-state index contributed by atoms with van der Waals surface area (Å²) in [6.45, 7) is 3.20. The van der Waals surface area contributed by atoms with Crippen molar-refractivity contribution in [2.24, 2.45) is 0 Å². The summed E-state index contributed by atoms with van der Waals surface area (Å²) in [4.78, 5) is 4.14. The normalized spacial score (nSPS) is 11.1. The summed E-state index contributed by atoms with van der Waals surface area (Å²) in [5.74, 6) is 2.55. The lowest BCUT2D eigenvalue weighted by Gasteiger charge is -1.99. The predicted molar refractivity (Wildman–Crippen MR) is 74.5 cm³/mol. The second-order valence-corrected chi connectivity index (χ2v) is 4.58. The van der Waals surface area contributed by atoms with Crippen LogP contribution in [0.1, 0.15) is 17.2 Å². The first-order valence-corrected chi connectivity index (χ1v) is 6.42. The summed E-state index contributed by atoms with van der Waals surface area (Å²) in [7, 11) is 1.66. The van der Waals surface area contributed by atoms with Gasteiger partial charge in [-0.15, -0.1) is 0 Å². The minimum absolute atomic E-state index is 0.642. The average molecular weight is 272 g/mol. The Bertz CT molecular complexity index is 715. The van der Waals surface area contributed by atoms with Crippen LogP contribution in [0.15, 0.2) is 39.5 Å². The molecule has 5 nitrogen and oxygen atoms in total. The van der Waals surface area contributed by atoms with Gasteiger partial charge in [0.05, 0.1) is 19.3 Å². The maximum Gasteiger partial charge on any atom is 0.181 e. The molecule has 0 atom stereocenters. The van der Waals surface area contributed by atoms with Crippen LogP contribution < -0.4 is 10.1 Å². The Kier molecular flexibility index (Phi) is 3.43. The highest BCUT2D eigenvalue weighted by Crippen LogP contribution is 2.24. The van der Waals surface area contributed by atoms with Gasteiger partial charge in [-0.2, -0.15) is 0 Å². The number of hydrogen-bond acceptors (Lipinski definition) is 5. The van der Waals surface area contributed by atoms with Crippen molar-refractivity contribution in [1.82, 2.24) is 10.3 Å². The van der Waals surface area contributed by atoms with Crippen LogP contribution in [0.5, 0.6) is 5.75 Å². The van der Waals surface area contributed by atoms with Gasteiger partial charge in [0.1, 0.15) is 22.9 Å². The number of ether oxygens (including phenoxy) is 1. The lowest BCUT2D eigenvalue weighted by atomic mass is 10.2. The highest BCUT2D eigenvalue weighted by Gasteiger charge is 2.06. The molecular weight excluding hydrogens is 256 g/mol. The van der Waals surface area contributed by atoms with Crippen molar-refractivity contribution < 1.29 is 13.6 Å². The molecule has 1 aromatic carbocycles. The van der Waals surface area contributed by atoms with Crippen molar-refractivity contribution in [2.75, 3.05) is 7.11 Å². The molecule has 3 rings (SSSR count). The lowest BCUT2D eigenvalue weighted by molar-refractivity contribution is 0.415. The van der Waals surface area contributed by atoms with Crippen LogP contribution in [0.3, 0.4) is 0 Å². The standard InChI is InChI=1S/C15H16N2O3/c1-10-14(17-9-19-10)8-16-7-13-6-11-5-12(18-2)3-4-15(11)20-13/h3-6,9,16H,7-8H2,1-2H3. The zero-order valence-corrected chi connectivity index (χ0v) is 11.5. The lowest BCUT2D eigenvalue weighted by Crippen LogP contribution is -2.13. The highest BCUT2D eigenvalue weighted by atomic mass is 16.5. The van der Waals surface area contributed by atoms with Gasteiger partial charge in [0.2, 0.25) is 0 Å². The average Bonchev–Trinajstić information content (AvgIpc) is 3.04. The van der Waals surface area contributed by atoms with Crippen LogP contribution in [0, 0.1) is 6.92 Å². The number of benzene rings is 1. The first-order chi connectivity index (χ1) is 9.76. The zero-order chi connectivity index (χ0) is 13.9. The number of nitrogens with one attached hydrogen (secondary N) is 1. The topological polar surface area (TPSA) is 60.4 Å². The number of furan rings is 1. The Hall–Kier alpha value is -2.27. The van der Waals surface area contributed by atoms with Crippen LogP contribution in [0.2, 0.25) is 0 Å². The molecule has 0 unspecified atom stereocenters. The summed E-state index contributed by atoms with van der Waals surface area (Å²) in [6, 6.07) is 7.78. The van der Waals surface area contributed by atoms with Gasteiger partial charge in [-0.25, -0.2) is 4.98 Å². The maximum absolute atomic E-state index is 5.76. The van der Waals surface area contributed by atoms with E-state index in [1.54, 1.807) is 7.11 Å². The third kappa shape index (κ3) is 2.53. The molecule has 0 aliphatic rings. The van der Waals surface area contributed by atoms with E-state index in [2.05, 4.69) is 10.3 Å². The molecule has 0 saturated carbocycles. The number of oxazole rings is 1. The SMILES string of the molecule is COc1ccc2oc(CNCc3ncoc3C)cc2c1. The van der Waals surface area contributed by atoms with Crippen molar-refractivity contribution >= 4 is 11.0 Å². The molecule has 0 amide bonds. The van der Waals surface area contributed by atoms with Crippen LogP contribution in [-0.2, 0) is 13.1 Å². The maximum atomic E-state index is 5.76. The number of nitrogens with zero attached hydrogens (tertiary/aromatic N) is 1. The monoisotopic (exact) mass is 272 g/mol. The fourth-order valence-electron chi connectivity index (χ4n) is 2.09. The Labute approximate surface area is 116 Å². The molecule has 2 aromatic heterocycles. The van der Waals surface area contributed by atoms with Crippen LogP contribution in [-0.4, -0.2) is 12.1 Å². The number of methoxy groups -OCH3 is 1. The number of aryl methyl sites for hydroxylation is 1. The van der Waals surface area contributed by atoms with E-state index in [9.17, 15) is 0 Å². The van der Waals surface area contributed by atoms with Crippen molar-refractivity contribution in [3.63, 3.8) is 0 Å². The molecule has 1 N–H and O–H groups in total. The van der Waals surface area contributed by atoms with E-state index >= 15 is 0 Å². The molecule has 0 saturated heterocycles. The van der Waals surface area contributed by atoms with E-state index in [-0.39, 0.29) is 0 Å². The fraction of sp³-hybridized carbons (Fsp3) is 0.267. The fourth-order valence-corrected chi connectivity index (χ4v) is 2.09. The second kappa shape index (κ2) is 5.38. The summed E-state index contributed by atoms with van der Waals surface area (Å²) in [5.41, 5.74) is 1.78. The smallest absolute Gasteiger partial charge is 0.181 e. The van der Waals surface area contributed by atoms with E-state index in [0.717, 1.165) is 33.9 Å². The van der Waals surface area contributed by atoms with Crippen molar-refractivity contribution in [2.45, 2.75) is 20.0 Å². The van der Waals surface area contributed by atoms with Gasteiger partial charge in [-0.3, -0.25) is 0 Å². The van der Waals surface area contributed by atoms with Gasteiger partial charge in [0.15, 0.2) is 6.39 Å². The zero-order valence-electron chi connectivity index (χ0n) is 11.5. The molecule has 20 heavy (non-hydrogen) atoms. The van der Waals surface area contributed by atoms with Gasteiger partial charge in [0, 0.05) is 11.9 Å². The second-order valence-electron chi connectivity index (χ2n) is 4.58. The molecular formula is C15H16N2O3. The summed E-state index contributed by atoms with van der Waals surface area (Å²) < 4.78 is 16.1. The molecule has 0 fully saturated rings. The third-order valence-electron chi connectivity index (χ3n) is 3.21. The molecule has 5 heteroatoms. The molecule has 0 bridgehead atoms. The van der Waals surface area contributed by atoms with Crippen LogP contribution in [0.4, 0.5) is 0 Å². The van der Waals surface area contributed by atoms with Gasteiger partial charge < -0.3 is 18.9 Å². The van der Waals surface area contributed by atoms with E-state index in [4.69, 9.17) is 13.6 Å². The molecule has 0 aliphatic carbocycles. The van der Waals surface area contributed by atoms with E-state index in [0.29, 0.717) is 13.1 Å². The van der Waals surface area contributed by atoms with E-state index < -0.39 is 0 Å². The first kappa shape index (κ1) is 12.7. The van der Waals surface area contributed by atoms with E-state index in [1.165, 1.54) is 6.39 Å². The predicted octanol–water partition coefficient (Wildman–Crippen LogP) is 3.03. The van der Waals surface area contributed by atoms with E-state index in [1.807, 2.05) is 31.2 Å². The Morgan fingerprint density at radius 1 is 1.25 bits per heavy atom. The molecule has 0 radical (unpaired) electrons. The van der Waals surface area contributed by atoms with Gasteiger partial charge in [0.25, 0.3) is 0 Å². The van der Waals surface area contributed by atoms with Gasteiger partial charge >= 0.3 is 0 Å². The third-order valence-corrected chi connectivity index (χ3v) is 3.21. The summed E-state index contributed by atoms with van der Waals surface area (Å²) >= 11 is 0. The largest absolute Gasteiger partial charge is 0.497 e. The number of rotatable bonds is 5. The van der Waals surface area contributed by atoms with Crippen molar-refractivity contribution in [3.05, 3.63) is 47.9 Å². The number of fused-ring (bicyclic) bond motifs is 1. The molecule has 0 spiro atoms. The Balaban J connectivity index is 1.67. The first-order valence-electron chi connectivity index (χ1n) is 6.42. The molecule has 2 heterocycles. The Morgan fingerprint density at radius 3 is 2.90 bits per heavy atom. The summed E-state index contributed by atoms with van der Waals surface area (Å²) in [6.07, 6.45) is 1.46. The molecule has 0 aliphatic heterocycles. The van der Waals surface area contributed by atoms with Crippen LogP contribution in [0.25, 0.3) is 11.0 Å². The Morgan fingerprint density at radius 2 is 2.15 bits per heavy atom. The molecule has 104 valence electrons. The number of aromatic nitrogens is 1. The van der Waals surface area contributed by atoms with Crippen molar-refractivity contribution in [1.29, 1.82) is 0 Å². The minimum atomic E-state index is 0.642. The summed E-state index contributed by atoms with van der Waals surface area (Å²) in [5, 5.41) is 4.33. The quantitative estimate of drug-likeness (QED) is 0.773. The van der Waals surface area contributed by atoms with Gasteiger partial charge in [-0.1, -0.05) is 0 Å². The minimum Gasteiger partial charge on any atom is -0.497 e. The van der Waals surface area contributed by atoms with Gasteiger partial charge in [-0.05, 0) is 31.2 Å². The van der Waals surface area contributed by atoms with Crippen LogP contribution >= 0.6 is 0 Å².